The molecule has 1 aliphatic rings. The Bertz CT molecular complexity index is 702. The molecule has 0 unspecified atom stereocenters. The number of aromatic nitrogens is 1. The quantitative estimate of drug-likeness (QED) is 0.759. The third-order valence-corrected chi connectivity index (χ3v) is 4.84. The second-order valence-electron chi connectivity index (χ2n) is 6.44. The first kappa shape index (κ1) is 18.7. The van der Waals surface area contributed by atoms with Crippen molar-refractivity contribution in [3.05, 3.63) is 59.2 Å². The summed E-state index contributed by atoms with van der Waals surface area (Å²) >= 11 is 5.98. The van der Waals surface area contributed by atoms with Gasteiger partial charge in [0.25, 0.3) is 0 Å². The molecule has 0 atom stereocenters. The van der Waals surface area contributed by atoms with Crippen molar-refractivity contribution in [1.29, 1.82) is 0 Å². The Kier molecular flexibility index (Phi) is 6.86. The molecular formula is C20H25ClN4O. The summed E-state index contributed by atoms with van der Waals surface area (Å²) in [5.74, 6) is 1.21. The van der Waals surface area contributed by atoms with E-state index < -0.39 is 0 Å². The predicted molar refractivity (Wildman–Crippen MR) is 106 cm³/mol. The SMILES string of the molecule is O=C(CCNCCc1cccc(Cl)c1)N1CCN(c2ccccn2)CC1. The first-order chi connectivity index (χ1) is 12.7. The number of anilines is 1. The van der Waals surface area contributed by atoms with Gasteiger partial charge in [0.2, 0.25) is 5.91 Å². The molecule has 1 aromatic carbocycles. The number of piperazine rings is 1. The van der Waals surface area contributed by atoms with Crippen molar-refractivity contribution in [2.75, 3.05) is 44.2 Å². The number of pyridine rings is 1. The molecule has 5 nitrogen and oxygen atoms in total. The molecule has 0 saturated carbocycles. The number of carbonyl (C=O) groups is 1. The van der Waals surface area contributed by atoms with E-state index >= 15 is 0 Å². The van der Waals surface area contributed by atoms with E-state index in [1.165, 1.54) is 5.56 Å². The van der Waals surface area contributed by atoms with Crippen LogP contribution in [0.5, 0.6) is 0 Å². The Morgan fingerprint density at radius 3 is 2.65 bits per heavy atom. The molecular weight excluding hydrogens is 348 g/mol. The van der Waals surface area contributed by atoms with Crippen molar-refractivity contribution in [3.8, 4) is 0 Å². The van der Waals surface area contributed by atoms with Crippen LogP contribution in [-0.2, 0) is 11.2 Å². The lowest BCUT2D eigenvalue weighted by molar-refractivity contribution is -0.131. The van der Waals surface area contributed by atoms with Crippen LogP contribution >= 0.6 is 11.6 Å². The summed E-state index contributed by atoms with van der Waals surface area (Å²) in [7, 11) is 0. The lowest BCUT2D eigenvalue weighted by Crippen LogP contribution is -2.49. The van der Waals surface area contributed by atoms with Gasteiger partial charge in [0.15, 0.2) is 0 Å². The number of amides is 1. The van der Waals surface area contributed by atoms with Gasteiger partial charge in [-0.05, 0) is 42.8 Å². The number of benzene rings is 1. The summed E-state index contributed by atoms with van der Waals surface area (Å²) in [5.41, 5.74) is 1.21. The van der Waals surface area contributed by atoms with Crippen LogP contribution in [0, 0.1) is 0 Å². The number of hydrogen-bond acceptors (Lipinski definition) is 4. The van der Waals surface area contributed by atoms with Crippen LogP contribution in [0.2, 0.25) is 5.02 Å². The summed E-state index contributed by atoms with van der Waals surface area (Å²) in [6.45, 7) is 4.76. The van der Waals surface area contributed by atoms with E-state index in [1.807, 2.05) is 47.5 Å². The number of nitrogens with one attached hydrogen (secondary N) is 1. The van der Waals surface area contributed by atoms with E-state index in [0.29, 0.717) is 13.0 Å². The summed E-state index contributed by atoms with van der Waals surface area (Å²) in [6.07, 6.45) is 3.26. The minimum Gasteiger partial charge on any atom is -0.353 e. The van der Waals surface area contributed by atoms with Crippen LogP contribution in [0.25, 0.3) is 0 Å². The van der Waals surface area contributed by atoms with Gasteiger partial charge in [0.1, 0.15) is 5.82 Å². The van der Waals surface area contributed by atoms with Crippen molar-refractivity contribution in [3.63, 3.8) is 0 Å². The van der Waals surface area contributed by atoms with Crippen molar-refractivity contribution in [2.45, 2.75) is 12.8 Å². The molecule has 1 N–H and O–H groups in total. The molecule has 3 rings (SSSR count). The van der Waals surface area contributed by atoms with E-state index in [4.69, 9.17) is 11.6 Å². The van der Waals surface area contributed by atoms with Crippen LogP contribution in [0.4, 0.5) is 5.82 Å². The molecule has 26 heavy (non-hydrogen) atoms. The first-order valence-electron chi connectivity index (χ1n) is 9.11. The summed E-state index contributed by atoms with van der Waals surface area (Å²) in [4.78, 5) is 20.9. The molecule has 1 saturated heterocycles. The average Bonchev–Trinajstić information content (AvgIpc) is 2.68. The molecule has 0 bridgehead atoms. The van der Waals surface area contributed by atoms with Gasteiger partial charge in [-0.1, -0.05) is 29.8 Å². The van der Waals surface area contributed by atoms with Crippen LogP contribution in [0.1, 0.15) is 12.0 Å². The Morgan fingerprint density at radius 2 is 1.92 bits per heavy atom. The number of rotatable bonds is 7. The maximum absolute atomic E-state index is 12.4. The van der Waals surface area contributed by atoms with Gasteiger partial charge in [-0.15, -0.1) is 0 Å². The van der Waals surface area contributed by atoms with Crippen LogP contribution in [0.3, 0.4) is 0 Å². The molecule has 1 amide bonds. The maximum atomic E-state index is 12.4. The summed E-state index contributed by atoms with van der Waals surface area (Å²) in [5, 5.41) is 4.11. The smallest absolute Gasteiger partial charge is 0.223 e. The van der Waals surface area contributed by atoms with E-state index in [2.05, 4.69) is 21.3 Å². The number of hydrogen-bond donors (Lipinski definition) is 1. The third-order valence-electron chi connectivity index (χ3n) is 4.60. The predicted octanol–water partition coefficient (Wildman–Crippen LogP) is 2.61. The molecule has 0 aliphatic carbocycles. The zero-order chi connectivity index (χ0) is 18.2. The van der Waals surface area contributed by atoms with Gasteiger partial charge < -0.3 is 15.1 Å². The highest BCUT2D eigenvalue weighted by molar-refractivity contribution is 6.30. The molecule has 6 heteroatoms. The third kappa shape index (κ3) is 5.44. The van der Waals surface area contributed by atoms with Gasteiger partial charge in [0, 0.05) is 50.4 Å². The van der Waals surface area contributed by atoms with Crippen LogP contribution in [-0.4, -0.2) is 55.1 Å². The van der Waals surface area contributed by atoms with E-state index in [-0.39, 0.29) is 5.91 Å². The molecule has 138 valence electrons. The Labute approximate surface area is 160 Å². The van der Waals surface area contributed by atoms with Crippen molar-refractivity contribution in [2.24, 2.45) is 0 Å². The zero-order valence-electron chi connectivity index (χ0n) is 14.9. The lowest BCUT2D eigenvalue weighted by atomic mass is 10.1. The monoisotopic (exact) mass is 372 g/mol. The summed E-state index contributed by atoms with van der Waals surface area (Å²) in [6, 6.07) is 13.8. The molecule has 1 aliphatic heterocycles. The lowest BCUT2D eigenvalue weighted by Gasteiger charge is -2.35. The minimum atomic E-state index is 0.223. The average molecular weight is 373 g/mol. The molecule has 0 radical (unpaired) electrons. The molecule has 1 fully saturated rings. The largest absolute Gasteiger partial charge is 0.353 e. The van der Waals surface area contributed by atoms with E-state index in [1.54, 1.807) is 0 Å². The highest BCUT2D eigenvalue weighted by atomic mass is 35.5. The fraction of sp³-hybridized carbons (Fsp3) is 0.400. The Balaban J connectivity index is 1.32. The Morgan fingerprint density at radius 1 is 1.08 bits per heavy atom. The van der Waals surface area contributed by atoms with Gasteiger partial charge >= 0.3 is 0 Å². The van der Waals surface area contributed by atoms with Gasteiger partial charge in [-0.2, -0.15) is 0 Å². The molecule has 1 aromatic heterocycles. The second-order valence-corrected chi connectivity index (χ2v) is 6.87. The summed E-state index contributed by atoms with van der Waals surface area (Å²) < 4.78 is 0. The molecule has 0 spiro atoms. The minimum absolute atomic E-state index is 0.223. The van der Waals surface area contributed by atoms with Crippen LogP contribution < -0.4 is 10.2 Å². The Hall–Kier alpha value is -2.11. The highest BCUT2D eigenvalue weighted by Gasteiger charge is 2.21. The number of nitrogens with zero attached hydrogens (tertiary/aromatic N) is 3. The van der Waals surface area contributed by atoms with Gasteiger partial charge in [-0.3, -0.25) is 4.79 Å². The van der Waals surface area contributed by atoms with Crippen molar-refractivity contribution in [1.82, 2.24) is 15.2 Å². The van der Waals surface area contributed by atoms with Crippen LogP contribution in [0.15, 0.2) is 48.7 Å². The van der Waals surface area contributed by atoms with Crippen molar-refractivity contribution >= 4 is 23.3 Å². The molecule has 2 aromatic rings. The maximum Gasteiger partial charge on any atom is 0.223 e. The standard InChI is InChI=1S/C20H25ClN4O/c21-18-5-3-4-17(16-18)7-10-22-11-8-20(26)25-14-12-24(13-15-25)19-6-1-2-9-23-19/h1-6,9,16,22H,7-8,10-15H2. The first-order valence-corrected chi connectivity index (χ1v) is 9.49. The van der Waals surface area contributed by atoms with E-state index in [0.717, 1.165) is 50.0 Å². The topological polar surface area (TPSA) is 48.5 Å². The van der Waals surface area contributed by atoms with E-state index in [9.17, 15) is 4.79 Å². The normalized spacial score (nSPS) is 14.5. The fourth-order valence-corrected chi connectivity index (χ4v) is 3.34. The van der Waals surface area contributed by atoms with Crippen molar-refractivity contribution < 1.29 is 4.79 Å². The number of halogens is 1. The van der Waals surface area contributed by atoms with Gasteiger partial charge in [-0.25, -0.2) is 4.98 Å². The molecule has 2 heterocycles. The number of carbonyl (C=O) groups excluding carboxylic acids is 1. The fourth-order valence-electron chi connectivity index (χ4n) is 3.13. The second kappa shape index (κ2) is 9.55. The highest BCUT2D eigenvalue weighted by Crippen LogP contribution is 2.13. The zero-order valence-corrected chi connectivity index (χ0v) is 15.7. The van der Waals surface area contributed by atoms with Gasteiger partial charge in [0.05, 0.1) is 0 Å².